The van der Waals surface area contributed by atoms with Gasteiger partial charge in [-0.25, -0.2) is 4.79 Å². The van der Waals surface area contributed by atoms with Crippen molar-refractivity contribution in [3.05, 3.63) is 59.1 Å². The van der Waals surface area contributed by atoms with Gasteiger partial charge >= 0.3 is 6.03 Å². The maximum absolute atomic E-state index is 13.5. The summed E-state index contributed by atoms with van der Waals surface area (Å²) in [5.41, 5.74) is 1.19. The fraction of sp³-hybridized carbons (Fsp3) is 0.462. The van der Waals surface area contributed by atoms with E-state index in [0.717, 1.165) is 19.6 Å². The maximum Gasteiger partial charge on any atom is 0.322 e. The number of morpholine rings is 2. The summed E-state index contributed by atoms with van der Waals surface area (Å²) in [5, 5.41) is 3.45. The normalized spacial score (nSPS) is 18.5. The van der Waals surface area contributed by atoms with Gasteiger partial charge in [-0.15, -0.1) is 0 Å². The van der Waals surface area contributed by atoms with Crippen LogP contribution in [0.3, 0.4) is 0 Å². The lowest BCUT2D eigenvalue weighted by atomic mass is 10.1. The second kappa shape index (κ2) is 12.9. The molecule has 2 aromatic carbocycles. The number of amides is 3. The Hall–Kier alpha value is -2.85. The number of ether oxygens (including phenoxy) is 3. The Morgan fingerprint density at radius 3 is 2.69 bits per heavy atom. The molecule has 0 radical (unpaired) electrons. The minimum atomic E-state index is -0.303. The van der Waals surface area contributed by atoms with Crippen LogP contribution in [-0.2, 0) is 9.47 Å². The molecule has 0 unspecified atom stereocenters. The van der Waals surface area contributed by atoms with Gasteiger partial charge in [0.25, 0.3) is 5.91 Å². The van der Waals surface area contributed by atoms with Gasteiger partial charge in [-0.3, -0.25) is 9.69 Å². The quantitative estimate of drug-likeness (QED) is 0.580. The number of nitrogens with one attached hydrogen (secondary N) is 1. The zero-order chi connectivity index (χ0) is 25.3. The molecule has 10 heteroatoms. The lowest BCUT2D eigenvalue weighted by molar-refractivity contribution is -0.0282. The van der Waals surface area contributed by atoms with E-state index in [2.05, 4.69) is 10.2 Å². The van der Waals surface area contributed by atoms with E-state index in [-0.39, 0.29) is 18.0 Å². The molecule has 1 atom stereocenters. The van der Waals surface area contributed by atoms with E-state index in [1.54, 1.807) is 48.4 Å². The first-order chi connectivity index (χ1) is 17.5. The minimum Gasteiger partial charge on any atom is -0.497 e. The van der Waals surface area contributed by atoms with E-state index in [0.29, 0.717) is 68.0 Å². The van der Waals surface area contributed by atoms with Crippen LogP contribution in [0, 0.1) is 0 Å². The molecule has 2 fully saturated rings. The van der Waals surface area contributed by atoms with Crippen molar-refractivity contribution in [2.45, 2.75) is 6.10 Å². The number of halogens is 1. The fourth-order valence-corrected chi connectivity index (χ4v) is 4.52. The van der Waals surface area contributed by atoms with Gasteiger partial charge in [0.15, 0.2) is 0 Å². The summed E-state index contributed by atoms with van der Waals surface area (Å²) in [4.78, 5) is 32.2. The molecule has 2 aromatic rings. The Balaban J connectivity index is 1.41. The maximum atomic E-state index is 13.5. The Morgan fingerprint density at radius 2 is 1.92 bits per heavy atom. The van der Waals surface area contributed by atoms with Gasteiger partial charge < -0.3 is 29.3 Å². The van der Waals surface area contributed by atoms with Crippen molar-refractivity contribution in [2.24, 2.45) is 0 Å². The number of methoxy groups -OCH3 is 1. The summed E-state index contributed by atoms with van der Waals surface area (Å²) < 4.78 is 16.7. The number of hydrogen-bond donors (Lipinski definition) is 1. The van der Waals surface area contributed by atoms with Crippen molar-refractivity contribution in [3.8, 4) is 5.75 Å². The van der Waals surface area contributed by atoms with E-state index in [9.17, 15) is 9.59 Å². The van der Waals surface area contributed by atoms with Crippen molar-refractivity contribution < 1.29 is 23.8 Å². The highest BCUT2D eigenvalue weighted by molar-refractivity contribution is 6.30. The predicted octanol–water partition coefficient (Wildman–Crippen LogP) is 3.06. The summed E-state index contributed by atoms with van der Waals surface area (Å²) in [6.07, 6.45) is -0.303. The van der Waals surface area contributed by atoms with Crippen molar-refractivity contribution in [1.82, 2.24) is 14.7 Å². The van der Waals surface area contributed by atoms with E-state index >= 15 is 0 Å². The number of anilines is 1. The zero-order valence-electron chi connectivity index (χ0n) is 20.5. The summed E-state index contributed by atoms with van der Waals surface area (Å²) in [5.74, 6) is 0.540. The summed E-state index contributed by atoms with van der Waals surface area (Å²) in [6, 6.07) is 14.0. The van der Waals surface area contributed by atoms with Crippen LogP contribution in [0.15, 0.2) is 48.5 Å². The van der Waals surface area contributed by atoms with Gasteiger partial charge in [0, 0.05) is 55.5 Å². The Bertz CT molecular complexity index is 1030. The third kappa shape index (κ3) is 7.33. The number of carbonyl (C=O) groups excluding carboxylic acids is 2. The summed E-state index contributed by atoms with van der Waals surface area (Å²) in [6.45, 7) is 6.01. The highest BCUT2D eigenvalue weighted by Crippen LogP contribution is 2.18. The molecule has 2 aliphatic heterocycles. The third-order valence-electron chi connectivity index (χ3n) is 6.32. The first kappa shape index (κ1) is 26.2. The van der Waals surface area contributed by atoms with Crippen molar-refractivity contribution in [1.29, 1.82) is 0 Å². The molecule has 36 heavy (non-hydrogen) atoms. The summed E-state index contributed by atoms with van der Waals surface area (Å²) in [7, 11) is 1.58. The second-order valence-corrected chi connectivity index (χ2v) is 9.25. The topological polar surface area (TPSA) is 83.6 Å². The van der Waals surface area contributed by atoms with E-state index in [1.165, 1.54) is 0 Å². The number of hydrogen-bond acceptors (Lipinski definition) is 6. The van der Waals surface area contributed by atoms with Crippen LogP contribution in [0.25, 0.3) is 0 Å². The Kier molecular flexibility index (Phi) is 9.41. The SMILES string of the molecule is COc1cccc(C(=O)N(CCN2CCOCC2)C[C@@H]2CN(C(=O)Nc3cccc(Cl)c3)CCO2)c1. The van der Waals surface area contributed by atoms with Crippen LogP contribution in [-0.4, -0.2) is 105 Å². The molecule has 9 nitrogen and oxygen atoms in total. The third-order valence-corrected chi connectivity index (χ3v) is 6.55. The molecule has 0 bridgehead atoms. The number of rotatable bonds is 8. The smallest absolute Gasteiger partial charge is 0.322 e. The summed E-state index contributed by atoms with van der Waals surface area (Å²) >= 11 is 6.04. The van der Waals surface area contributed by atoms with Crippen LogP contribution < -0.4 is 10.1 Å². The standard InChI is InChI=1S/C26H33ClN4O5/c1-34-23-7-2-4-20(16-23)25(32)30(9-8-29-10-13-35-14-11-29)18-24-19-31(12-15-36-24)26(33)28-22-6-3-5-21(27)17-22/h2-7,16-17,24H,8-15,18-19H2,1H3,(H,28,33)/t24-/m1/s1. The zero-order valence-corrected chi connectivity index (χ0v) is 21.3. The van der Waals surface area contributed by atoms with Gasteiger partial charge in [-0.2, -0.15) is 0 Å². The van der Waals surface area contributed by atoms with Crippen LogP contribution >= 0.6 is 11.6 Å². The van der Waals surface area contributed by atoms with Crippen LogP contribution in [0.1, 0.15) is 10.4 Å². The van der Waals surface area contributed by atoms with E-state index < -0.39 is 0 Å². The average molecular weight is 517 g/mol. The van der Waals surface area contributed by atoms with Gasteiger partial charge in [0.2, 0.25) is 0 Å². The Labute approximate surface area is 216 Å². The molecule has 2 heterocycles. The minimum absolute atomic E-state index is 0.0914. The Morgan fingerprint density at radius 1 is 1.11 bits per heavy atom. The lowest BCUT2D eigenvalue weighted by Crippen LogP contribution is -2.52. The molecule has 1 N–H and O–H groups in total. The molecule has 2 aliphatic rings. The first-order valence-electron chi connectivity index (χ1n) is 12.2. The number of nitrogens with zero attached hydrogens (tertiary/aromatic N) is 3. The van der Waals surface area contributed by atoms with Crippen molar-refractivity contribution >= 4 is 29.2 Å². The van der Waals surface area contributed by atoms with E-state index in [1.807, 2.05) is 17.0 Å². The molecular weight excluding hydrogens is 484 g/mol. The fourth-order valence-electron chi connectivity index (χ4n) is 4.33. The largest absolute Gasteiger partial charge is 0.497 e. The van der Waals surface area contributed by atoms with Crippen LogP contribution in [0.4, 0.5) is 10.5 Å². The van der Waals surface area contributed by atoms with Crippen molar-refractivity contribution in [2.75, 3.05) is 78.1 Å². The highest BCUT2D eigenvalue weighted by atomic mass is 35.5. The highest BCUT2D eigenvalue weighted by Gasteiger charge is 2.28. The molecule has 0 aromatic heterocycles. The number of carbonyl (C=O) groups is 2. The molecule has 4 rings (SSSR count). The van der Waals surface area contributed by atoms with Gasteiger partial charge in [-0.1, -0.05) is 23.7 Å². The van der Waals surface area contributed by atoms with E-state index in [4.69, 9.17) is 25.8 Å². The molecule has 0 aliphatic carbocycles. The molecule has 2 saturated heterocycles. The van der Waals surface area contributed by atoms with Crippen LogP contribution in [0.5, 0.6) is 5.75 Å². The van der Waals surface area contributed by atoms with Gasteiger partial charge in [-0.05, 0) is 36.4 Å². The average Bonchev–Trinajstić information content (AvgIpc) is 2.91. The molecule has 0 spiro atoms. The monoisotopic (exact) mass is 516 g/mol. The molecule has 194 valence electrons. The van der Waals surface area contributed by atoms with Gasteiger partial charge in [0.05, 0.1) is 39.6 Å². The lowest BCUT2D eigenvalue weighted by Gasteiger charge is -2.36. The number of urea groups is 1. The van der Waals surface area contributed by atoms with Crippen molar-refractivity contribution in [3.63, 3.8) is 0 Å². The molecular formula is C26H33ClN4O5. The molecule has 0 saturated carbocycles. The second-order valence-electron chi connectivity index (χ2n) is 8.82. The predicted molar refractivity (Wildman–Crippen MR) is 138 cm³/mol. The van der Waals surface area contributed by atoms with Gasteiger partial charge in [0.1, 0.15) is 5.75 Å². The first-order valence-corrected chi connectivity index (χ1v) is 12.6. The number of benzene rings is 2. The van der Waals surface area contributed by atoms with Crippen LogP contribution in [0.2, 0.25) is 5.02 Å². The molecule has 3 amide bonds.